The van der Waals surface area contributed by atoms with Crippen molar-refractivity contribution >= 4 is 11.6 Å². The van der Waals surface area contributed by atoms with Crippen LogP contribution in [0.4, 0.5) is 5.69 Å². The Kier molecular flexibility index (Phi) is 4.56. The highest BCUT2D eigenvalue weighted by Gasteiger charge is 2.41. The number of hydrogen-bond donors (Lipinski definition) is 3. The third-order valence-corrected chi connectivity index (χ3v) is 3.72. The van der Waals surface area contributed by atoms with Gasteiger partial charge in [-0.3, -0.25) is 4.79 Å². The normalized spacial score (nSPS) is 16.1. The first-order chi connectivity index (χ1) is 9.13. The van der Waals surface area contributed by atoms with Crippen LogP contribution in [-0.2, 0) is 4.79 Å². The summed E-state index contributed by atoms with van der Waals surface area (Å²) in [5.41, 5.74) is 2.25. The molecule has 1 aromatic carbocycles. The number of anilines is 1. The molecule has 104 valence electrons. The fourth-order valence-electron chi connectivity index (χ4n) is 2.21. The first-order valence-electron chi connectivity index (χ1n) is 6.82. The maximum atomic E-state index is 11.7. The van der Waals surface area contributed by atoms with Crippen LogP contribution in [0.25, 0.3) is 0 Å². The lowest BCUT2D eigenvalue weighted by Gasteiger charge is -2.14. The Morgan fingerprint density at radius 2 is 2.00 bits per heavy atom. The van der Waals surface area contributed by atoms with Gasteiger partial charge in [-0.1, -0.05) is 17.7 Å². The van der Waals surface area contributed by atoms with E-state index in [1.54, 1.807) is 0 Å². The first kappa shape index (κ1) is 14.0. The fraction of sp³-hybridized carbons (Fsp3) is 0.533. The summed E-state index contributed by atoms with van der Waals surface area (Å²) in [5, 5.41) is 15.0. The first-order valence-corrected chi connectivity index (χ1v) is 6.82. The van der Waals surface area contributed by atoms with Crippen LogP contribution in [0.1, 0.15) is 24.8 Å². The van der Waals surface area contributed by atoms with Crippen LogP contribution in [-0.4, -0.2) is 30.7 Å². The number of nitrogens with one attached hydrogen (secondary N) is 2. The summed E-state index contributed by atoms with van der Waals surface area (Å²) in [4.78, 5) is 11.7. The molecule has 0 spiro atoms. The van der Waals surface area contributed by atoms with E-state index < -0.39 is 0 Å². The molecule has 0 radical (unpaired) electrons. The van der Waals surface area contributed by atoms with E-state index in [0.717, 1.165) is 31.5 Å². The molecule has 2 rings (SSSR count). The zero-order chi connectivity index (χ0) is 13.7. The molecule has 1 aliphatic carbocycles. The molecule has 1 amide bonds. The molecule has 1 saturated carbocycles. The third-order valence-electron chi connectivity index (χ3n) is 3.72. The van der Waals surface area contributed by atoms with E-state index in [2.05, 4.69) is 10.6 Å². The van der Waals surface area contributed by atoms with Gasteiger partial charge in [0, 0.05) is 18.8 Å². The van der Waals surface area contributed by atoms with Gasteiger partial charge in [-0.05, 0) is 43.7 Å². The minimum absolute atomic E-state index is 0.0244. The number of carbonyl (C=O) groups is 1. The second kappa shape index (κ2) is 6.17. The van der Waals surface area contributed by atoms with E-state index in [4.69, 9.17) is 5.11 Å². The van der Waals surface area contributed by atoms with Crippen molar-refractivity contribution in [3.63, 3.8) is 0 Å². The van der Waals surface area contributed by atoms with Crippen LogP contribution in [0.2, 0.25) is 0 Å². The second-order valence-corrected chi connectivity index (χ2v) is 5.49. The van der Waals surface area contributed by atoms with Gasteiger partial charge in [-0.15, -0.1) is 0 Å². The van der Waals surface area contributed by atoms with Crippen molar-refractivity contribution in [3.8, 4) is 0 Å². The van der Waals surface area contributed by atoms with E-state index >= 15 is 0 Å². The van der Waals surface area contributed by atoms with Gasteiger partial charge < -0.3 is 15.7 Å². The molecular weight excluding hydrogens is 240 g/mol. The lowest BCUT2D eigenvalue weighted by atomic mass is 10.0. The van der Waals surface area contributed by atoms with Crippen molar-refractivity contribution in [2.45, 2.75) is 26.2 Å². The zero-order valence-corrected chi connectivity index (χ0v) is 11.4. The molecule has 19 heavy (non-hydrogen) atoms. The van der Waals surface area contributed by atoms with Gasteiger partial charge in [0.15, 0.2) is 0 Å². The maximum Gasteiger partial charge on any atom is 0.238 e. The molecule has 4 heteroatoms. The SMILES string of the molecule is Cc1ccc(NC(=O)CNCC2(CCO)CC2)cc1. The summed E-state index contributed by atoms with van der Waals surface area (Å²) in [7, 11) is 0. The van der Waals surface area contributed by atoms with Gasteiger partial charge in [-0.25, -0.2) is 0 Å². The zero-order valence-electron chi connectivity index (χ0n) is 11.4. The van der Waals surface area contributed by atoms with Crippen molar-refractivity contribution in [2.24, 2.45) is 5.41 Å². The Bertz CT molecular complexity index is 424. The van der Waals surface area contributed by atoms with Gasteiger partial charge in [0.1, 0.15) is 0 Å². The third kappa shape index (κ3) is 4.33. The highest BCUT2D eigenvalue weighted by Crippen LogP contribution is 2.47. The summed E-state index contributed by atoms with van der Waals surface area (Å²) in [6.45, 7) is 3.39. The van der Waals surface area contributed by atoms with Crippen molar-refractivity contribution in [1.29, 1.82) is 0 Å². The minimum atomic E-state index is -0.0244. The van der Waals surface area contributed by atoms with Crippen molar-refractivity contribution in [1.82, 2.24) is 5.32 Å². The second-order valence-electron chi connectivity index (χ2n) is 5.49. The summed E-state index contributed by atoms with van der Waals surface area (Å²) in [6, 6.07) is 7.76. The molecule has 1 fully saturated rings. The van der Waals surface area contributed by atoms with Crippen molar-refractivity contribution in [3.05, 3.63) is 29.8 Å². The lowest BCUT2D eigenvalue weighted by Crippen LogP contribution is -2.32. The van der Waals surface area contributed by atoms with Gasteiger partial charge >= 0.3 is 0 Å². The molecular formula is C15H22N2O2. The minimum Gasteiger partial charge on any atom is -0.396 e. The topological polar surface area (TPSA) is 61.4 Å². The highest BCUT2D eigenvalue weighted by molar-refractivity contribution is 5.92. The van der Waals surface area contributed by atoms with Gasteiger partial charge in [0.2, 0.25) is 5.91 Å². The molecule has 1 aromatic rings. The highest BCUT2D eigenvalue weighted by atomic mass is 16.3. The number of amides is 1. The predicted octanol–water partition coefficient (Wildman–Crippen LogP) is 1.69. The lowest BCUT2D eigenvalue weighted by molar-refractivity contribution is -0.115. The van der Waals surface area contributed by atoms with Gasteiger partial charge in [0.05, 0.1) is 6.54 Å². The van der Waals surface area contributed by atoms with Crippen LogP contribution >= 0.6 is 0 Å². The van der Waals surface area contributed by atoms with E-state index in [1.165, 1.54) is 5.56 Å². The Morgan fingerprint density at radius 1 is 1.32 bits per heavy atom. The van der Waals surface area contributed by atoms with E-state index in [-0.39, 0.29) is 17.9 Å². The monoisotopic (exact) mass is 262 g/mol. The molecule has 0 saturated heterocycles. The van der Waals surface area contributed by atoms with Crippen LogP contribution in [0.5, 0.6) is 0 Å². The molecule has 0 aliphatic heterocycles. The summed E-state index contributed by atoms with van der Waals surface area (Å²) in [5.74, 6) is -0.0244. The molecule has 0 atom stereocenters. The molecule has 0 heterocycles. The molecule has 0 unspecified atom stereocenters. The van der Waals surface area contributed by atoms with Gasteiger partial charge in [0.25, 0.3) is 0 Å². The largest absolute Gasteiger partial charge is 0.396 e. The standard InChI is InChI=1S/C15H22N2O2/c1-12-2-4-13(5-3-12)17-14(19)10-16-11-15(6-7-15)8-9-18/h2-5,16,18H,6-11H2,1H3,(H,17,19). The van der Waals surface area contributed by atoms with E-state index in [1.807, 2.05) is 31.2 Å². The molecule has 4 nitrogen and oxygen atoms in total. The number of carbonyl (C=O) groups excluding carboxylic acids is 1. The number of benzene rings is 1. The van der Waals surface area contributed by atoms with Crippen LogP contribution in [0.15, 0.2) is 24.3 Å². The van der Waals surface area contributed by atoms with Gasteiger partial charge in [-0.2, -0.15) is 0 Å². The van der Waals surface area contributed by atoms with Crippen LogP contribution in [0.3, 0.4) is 0 Å². The number of aliphatic hydroxyl groups is 1. The Hall–Kier alpha value is -1.39. The molecule has 1 aliphatic rings. The summed E-state index contributed by atoms with van der Waals surface area (Å²) < 4.78 is 0. The quantitative estimate of drug-likeness (QED) is 0.700. The molecule has 3 N–H and O–H groups in total. The van der Waals surface area contributed by atoms with Crippen LogP contribution in [0, 0.1) is 12.3 Å². The van der Waals surface area contributed by atoms with Crippen molar-refractivity contribution in [2.75, 3.05) is 25.0 Å². The summed E-state index contributed by atoms with van der Waals surface area (Å²) >= 11 is 0. The maximum absolute atomic E-state index is 11.7. The number of aliphatic hydroxyl groups excluding tert-OH is 1. The van der Waals surface area contributed by atoms with E-state index in [9.17, 15) is 4.79 Å². The van der Waals surface area contributed by atoms with Crippen LogP contribution < -0.4 is 10.6 Å². The predicted molar refractivity (Wildman–Crippen MR) is 76.0 cm³/mol. The van der Waals surface area contributed by atoms with Crippen molar-refractivity contribution < 1.29 is 9.90 Å². The fourth-order valence-corrected chi connectivity index (χ4v) is 2.21. The Labute approximate surface area is 114 Å². The molecule has 0 bridgehead atoms. The number of rotatable bonds is 7. The number of hydrogen-bond acceptors (Lipinski definition) is 3. The average molecular weight is 262 g/mol. The number of aryl methyl sites for hydroxylation is 1. The summed E-state index contributed by atoms with van der Waals surface area (Å²) in [6.07, 6.45) is 3.14. The average Bonchev–Trinajstić information content (AvgIpc) is 3.13. The Morgan fingerprint density at radius 3 is 2.58 bits per heavy atom. The smallest absolute Gasteiger partial charge is 0.238 e. The Balaban J connectivity index is 1.69. The van der Waals surface area contributed by atoms with E-state index in [0.29, 0.717) is 6.54 Å². The molecule has 0 aromatic heterocycles.